The number of carboxylic acid groups (broad SMARTS) is 1. The van der Waals surface area contributed by atoms with E-state index >= 15 is 0 Å². The summed E-state index contributed by atoms with van der Waals surface area (Å²) in [6, 6.07) is 27.0. The summed E-state index contributed by atoms with van der Waals surface area (Å²) < 4.78 is 20.3. The molecule has 3 atom stereocenters. The minimum atomic E-state index is -1.01. The van der Waals surface area contributed by atoms with Crippen LogP contribution < -0.4 is 10.2 Å². The van der Waals surface area contributed by atoms with Gasteiger partial charge in [0.15, 0.2) is 5.58 Å². The van der Waals surface area contributed by atoms with Gasteiger partial charge in [-0.2, -0.15) is 4.98 Å². The molecule has 5 aromatic rings. The molecular formula is C32H31ClFN3O3. The third-order valence-electron chi connectivity index (χ3n) is 7.90. The number of aromatic carboxylic acids is 1. The number of hydrogen-bond acceptors (Lipinski definition) is 5. The summed E-state index contributed by atoms with van der Waals surface area (Å²) in [5.74, 6) is -0.912. The second-order valence-corrected chi connectivity index (χ2v) is 10.3. The molecule has 0 radical (unpaired) electrons. The molecule has 1 aliphatic heterocycles. The van der Waals surface area contributed by atoms with Crippen LogP contribution in [0.2, 0.25) is 0 Å². The van der Waals surface area contributed by atoms with Crippen LogP contribution in [-0.2, 0) is 0 Å². The lowest BCUT2D eigenvalue weighted by Crippen LogP contribution is -2.43. The van der Waals surface area contributed by atoms with Gasteiger partial charge < -0.3 is 19.7 Å². The Balaban J connectivity index is 0.00000323. The topological polar surface area (TPSA) is 78.6 Å². The number of anilines is 1. The number of carboxylic acids is 1. The maximum Gasteiger partial charge on any atom is 0.335 e. The van der Waals surface area contributed by atoms with E-state index in [0.29, 0.717) is 23.7 Å². The highest BCUT2D eigenvalue weighted by Crippen LogP contribution is 2.36. The molecule has 0 amide bonds. The first-order chi connectivity index (χ1) is 19.0. The van der Waals surface area contributed by atoms with Crippen molar-refractivity contribution < 1.29 is 18.7 Å². The van der Waals surface area contributed by atoms with Crippen molar-refractivity contribution in [2.75, 3.05) is 24.5 Å². The highest BCUT2D eigenvalue weighted by Gasteiger charge is 2.33. The van der Waals surface area contributed by atoms with Crippen LogP contribution in [0, 0.1) is 11.7 Å². The Kier molecular flexibility index (Phi) is 8.05. The Morgan fingerprint density at radius 3 is 2.73 bits per heavy atom. The molecule has 6 rings (SSSR count). The predicted octanol–water partition coefficient (Wildman–Crippen LogP) is 7.20. The van der Waals surface area contributed by atoms with E-state index in [9.17, 15) is 14.3 Å². The standard InChI is InChI=1S/C32H30FN3O3.ClH/c1-20(26-11-5-7-21-6-2-3-10-27(21)26)34-18-24-14-15-36(19-28(24)22-8-4-9-25(33)16-22)32-35-29-13-12-23(31(37)38)17-30(29)39-32;/h2-13,16-17,20,24,28,34H,14-15,18-19H2,1H3,(H,37,38);1H/t20-,24?,28?;/m1./s1. The van der Waals surface area contributed by atoms with E-state index in [0.717, 1.165) is 25.1 Å². The van der Waals surface area contributed by atoms with Crippen molar-refractivity contribution in [1.82, 2.24) is 10.3 Å². The monoisotopic (exact) mass is 559 g/mol. The van der Waals surface area contributed by atoms with Crippen LogP contribution in [0.15, 0.2) is 89.3 Å². The number of aromatic nitrogens is 1. The van der Waals surface area contributed by atoms with Crippen molar-refractivity contribution >= 4 is 46.3 Å². The van der Waals surface area contributed by atoms with Crippen LogP contribution in [0.3, 0.4) is 0 Å². The zero-order chi connectivity index (χ0) is 26.9. The summed E-state index contributed by atoms with van der Waals surface area (Å²) in [7, 11) is 0. The van der Waals surface area contributed by atoms with E-state index in [4.69, 9.17) is 4.42 Å². The zero-order valence-corrected chi connectivity index (χ0v) is 22.9. The summed E-state index contributed by atoms with van der Waals surface area (Å²) in [5, 5.41) is 15.6. The SMILES string of the molecule is C[C@@H](NCC1CCN(c2nc3ccc(C(=O)O)cc3o2)CC1c1cccc(F)c1)c1cccc2ccccc12.Cl. The molecule has 0 spiro atoms. The van der Waals surface area contributed by atoms with Gasteiger partial charge in [0.25, 0.3) is 6.01 Å². The number of piperidine rings is 1. The van der Waals surface area contributed by atoms with Gasteiger partial charge in [0, 0.05) is 25.0 Å². The number of nitrogens with one attached hydrogen (secondary N) is 1. The van der Waals surface area contributed by atoms with Gasteiger partial charge >= 0.3 is 5.97 Å². The molecule has 2 heterocycles. The van der Waals surface area contributed by atoms with Crippen molar-refractivity contribution in [2.45, 2.75) is 25.3 Å². The highest BCUT2D eigenvalue weighted by atomic mass is 35.5. The molecule has 0 aliphatic carbocycles. The normalized spacial score (nSPS) is 18.0. The second kappa shape index (κ2) is 11.7. The first-order valence-electron chi connectivity index (χ1n) is 13.3. The predicted molar refractivity (Wildman–Crippen MR) is 158 cm³/mol. The first-order valence-corrected chi connectivity index (χ1v) is 13.3. The minimum absolute atomic E-state index is 0. The lowest BCUT2D eigenvalue weighted by Gasteiger charge is -2.39. The number of fused-ring (bicyclic) bond motifs is 2. The van der Waals surface area contributed by atoms with Crippen molar-refractivity contribution in [3.63, 3.8) is 0 Å². The van der Waals surface area contributed by atoms with Crippen molar-refractivity contribution in [3.8, 4) is 0 Å². The van der Waals surface area contributed by atoms with Crippen LogP contribution in [0.5, 0.6) is 0 Å². The molecule has 6 nitrogen and oxygen atoms in total. The van der Waals surface area contributed by atoms with Crippen molar-refractivity contribution in [3.05, 3.63) is 107 Å². The minimum Gasteiger partial charge on any atom is -0.478 e. The molecule has 2 unspecified atom stereocenters. The largest absolute Gasteiger partial charge is 0.478 e. The zero-order valence-electron chi connectivity index (χ0n) is 22.1. The average molecular weight is 560 g/mol. The quantitative estimate of drug-likeness (QED) is 0.219. The van der Waals surface area contributed by atoms with Gasteiger partial charge in [-0.1, -0.05) is 54.6 Å². The summed E-state index contributed by atoms with van der Waals surface area (Å²) in [6.07, 6.45) is 0.871. The lowest BCUT2D eigenvalue weighted by atomic mass is 9.80. The summed E-state index contributed by atoms with van der Waals surface area (Å²) in [6.45, 7) is 4.34. The molecule has 1 fully saturated rings. The van der Waals surface area contributed by atoms with Gasteiger partial charge in [-0.05, 0) is 78.0 Å². The Morgan fingerprint density at radius 2 is 1.90 bits per heavy atom. The van der Waals surface area contributed by atoms with Crippen LogP contribution in [0.1, 0.15) is 46.8 Å². The van der Waals surface area contributed by atoms with E-state index in [2.05, 4.69) is 64.6 Å². The Bertz CT molecular complexity index is 1650. The van der Waals surface area contributed by atoms with E-state index in [1.165, 1.54) is 34.5 Å². The molecule has 1 saturated heterocycles. The summed E-state index contributed by atoms with van der Waals surface area (Å²) in [5.41, 5.74) is 3.44. The second-order valence-electron chi connectivity index (χ2n) is 10.3. The smallest absolute Gasteiger partial charge is 0.335 e. The van der Waals surface area contributed by atoms with E-state index in [1.54, 1.807) is 18.2 Å². The van der Waals surface area contributed by atoms with Gasteiger partial charge in [0.2, 0.25) is 0 Å². The van der Waals surface area contributed by atoms with Gasteiger partial charge in [0.05, 0.1) is 5.56 Å². The fourth-order valence-electron chi connectivity index (χ4n) is 5.78. The fraction of sp³-hybridized carbons (Fsp3) is 0.250. The molecule has 1 aliphatic rings. The molecule has 4 aromatic carbocycles. The first kappa shape index (κ1) is 27.6. The Hall–Kier alpha value is -3.94. The van der Waals surface area contributed by atoms with Crippen LogP contribution in [-0.4, -0.2) is 35.7 Å². The van der Waals surface area contributed by atoms with Gasteiger partial charge in [0.1, 0.15) is 11.3 Å². The number of nitrogens with zero attached hydrogens (tertiary/aromatic N) is 2. The maximum absolute atomic E-state index is 14.3. The summed E-state index contributed by atoms with van der Waals surface area (Å²) in [4.78, 5) is 18.1. The Labute approximate surface area is 238 Å². The van der Waals surface area contributed by atoms with E-state index < -0.39 is 5.97 Å². The van der Waals surface area contributed by atoms with Crippen molar-refractivity contribution in [1.29, 1.82) is 0 Å². The Morgan fingerprint density at radius 1 is 1.10 bits per heavy atom. The number of halogens is 2. The molecule has 8 heteroatoms. The van der Waals surface area contributed by atoms with Gasteiger partial charge in [-0.25, -0.2) is 9.18 Å². The molecule has 0 bridgehead atoms. The lowest BCUT2D eigenvalue weighted by molar-refractivity contribution is 0.0697. The van der Waals surface area contributed by atoms with Gasteiger partial charge in [-0.15, -0.1) is 12.4 Å². The number of benzene rings is 4. The molecule has 0 saturated carbocycles. The summed E-state index contributed by atoms with van der Waals surface area (Å²) >= 11 is 0. The average Bonchev–Trinajstić information content (AvgIpc) is 3.39. The van der Waals surface area contributed by atoms with Crippen LogP contribution >= 0.6 is 12.4 Å². The number of hydrogen-bond donors (Lipinski definition) is 2. The third kappa shape index (κ3) is 5.53. The van der Waals surface area contributed by atoms with E-state index in [-0.39, 0.29) is 41.7 Å². The van der Waals surface area contributed by atoms with Crippen LogP contribution in [0.4, 0.5) is 10.4 Å². The molecular weight excluding hydrogens is 529 g/mol. The molecule has 2 N–H and O–H groups in total. The van der Waals surface area contributed by atoms with E-state index in [1.807, 2.05) is 6.07 Å². The highest BCUT2D eigenvalue weighted by molar-refractivity contribution is 5.92. The number of oxazole rings is 1. The molecule has 1 aromatic heterocycles. The molecule has 206 valence electrons. The van der Waals surface area contributed by atoms with Crippen LogP contribution in [0.25, 0.3) is 21.9 Å². The number of carbonyl (C=O) groups is 1. The van der Waals surface area contributed by atoms with Gasteiger partial charge in [-0.3, -0.25) is 0 Å². The molecule has 40 heavy (non-hydrogen) atoms. The third-order valence-corrected chi connectivity index (χ3v) is 7.90. The number of rotatable bonds is 7. The fourth-order valence-corrected chi connectivity index (χ4v) is 5.78. The maximum atomic E-state index is 14.3. The van der Waals surface area contributed by atoms with Crippen molar-refractivity contribution in [2.24, 2.45) is 5.92 Å².